The van der Waals surface area contributed by atoms with Crippen LogP contribution in [0.2, 0.25) is 0 Å². The fraction of sp³-hybridized carbons (Fsp3) is 0.412. The number of hydrogen-bond donors (Lipinski definition) is 3. The summed E-state index contributed by atoms with van der Waals surface area (Å²) in [7, 11) is 1.43. The number of carboxylic acid groups (broad SMARTS) is 1. The summed E-state index contributed by atoms with van der Waals surface area (Å²) in [5.74, 6) is -1.79. The van der Waals surface area contributed by atoms with Gasteiger partial charge >= 0.3 is 12.1 Å². The Labute approximate surface area is 181 Å². The molecular weight excluding hydrogens is 451 g/mol. The van der Waals surface area contributed by atoms with Gasteiger partial charge in [0.15, 0.2) is 5.78 Å². The van der Waals surface area contributed by atoms with E-state index in [0.717, 1.165) is 0 Å². The highest BCUT2D eigenvalue weighted by atomic mass is 35.6. The molecule has 160 valence electrons. The number of Topliss-reactive ketones (excluding diaryl/α,β-unsaturated/α-hetero) is 1. The molecular formula is C17H19Cl3N2O7. The minimum atomic E-state index is -1.85. The smallest absolute Gasteiger partial charge is 0.407 e. The predicted molar refractivity (Wildman–Crippen MR) is 107 cm³/mol. The molecule has 1 atom stereocenters. The molecule has 12 heteroatoms. The molecule has 0 aliphatic carbocycles. The lowest BCUT2D eigenvalue weighted by Crippen LogP contribution is -2.42. The molecule has 2 amide bonds. The third-order valence-corrected chi connectivity index (χ3v) is 3.78. The maximum atomic E-state index is 12.5. The van der Waals surface area contributed by atoms with Crippen LogP contribution in [0.25, 0.3) is 0 Å². The molecule has 0 saturated heterocycles. The number of alkyl halides is 3. The van der Waals surface area contributed by atoms with Crippen LogP contribution in [-0.4, -0.2) is 52.4 Å². The molecule has 0 spiro atoms. The molecule has 0 bridgehead atoms. The van der Waals surface area contributed by atoms with Gasteiger partial charge in [-0.05, 0) is 18.6 Å². The Morgan fingerprint density at radius 1 is 1.21 bits per heavy atom. The second kappa shape index (κ2) is 11.1. The molecule has 1 unspecified atom stereocenters. The summed E-state index contributed by atoms with van der Waals surface area (Å²) in [6.07, 6.45) is -1.58. The number of rotatable bonds is 9. The molecule has 1 rings (SSSR count). The van der Waals surface area contributed by atoms with Crippen LogP contribution < -0.4 is 15.4 Å². The number of carbonyl (C=O) groups excluding carboxylic acids is 3. The first kappa shape index (κ1) is 24.8. The zero-order valence-corrected chi connectivity index (χ0v) is 17.7. The van der Waals surface area contributed by atoms with Gasteiger partial charge < -0.3 is 25.2 Å². The van der Waals surface area contributed by atoms with Gasteiger partial charge in [-0.25, -0.2) is 9.59 Å². The fourth-order valence-corrected chi connectivity index (χ4v) is 2.35. The molecule has 0 radical (unpaired) electrons. The largest absolute Gasteiger partial charge is 0.497 e. The summed E-state index contributed by atoms with van der Waals surface area (Å²) in [5.41, 5.74) is 0.396. The first-order chi connectivity index (χ1) is 13.4. The number of ketones is 1. The molecule has 0 heterocycles. The lowest BCUT2D eigenvalue weighted by Gasteiger charge is -2.16. The molecule has 1 aromatic carbocycles. The number of alkyl carbamates (subject to hydrolysis) is 1. The van der Waals surface area contributed by atoms with Gasteiger partial charge in [-0.1, -0.05) is 34.8 Å². The lowest BCUT2D eigenvalue weighted by molar-refractivity contribution is -0.139. The van der Waals surface area contributed by atoms with E-state index < -0.39 is 40.2 Å². The summed E-state index contributed by atoms with van der Waals surface area (Å²) in [4.78, 5) is 46.9. The van der Waals surface area contributed by atoms with E-state index in [4.69, 9.17) is 39.5 Å². The Bertz CT molecular complexity index is 781. The van der Waals surface area contributed by atoms with E-state index >= 15 is 0 Å². The minimum absolute atomic E-state index is 0.170. The third-order valence-electron chi connectivity index (χ3n) is 3.46. The van der Waals surface area contributed by atoms with Crippen molar-refractivity contribution in [1.82, 2.24) is 5.32 Å². The Kier molecular flexibility index (Phi) is 9.48. The van der Waals surface area contributed by atoms with Crippen LogP contribution in [-0.2, 0) is 14.3 Å². The zero-order valence-electron chi connectivity index (χ0n) is 15.5. The Morgan fingerprint density at radius 3 is 2.38 bits per heavy atom. The van der Waals surface area contributed by atoms with Crippen LogP contribution in [0.3, 0.4) is 0 Å². The summed E-state index contributed by atoms with van der Waals surface area (Å²) in [5, 5.41) is 13.8. The van der Waals surface area contributed by atoms with Crippen molar-refractivity contribution in [2.24, 2.45) is 0 Å². The molecule has 1 aromatic rings. The molecule has 0 fully saturated rings. The van der Waals surface area contributed by atoms with Crippen molar-refractivity contribution >= 4 is 64.2 Å². The van der Waals surface area contributed by atoms with E-state index in [1.54, 1.807) is 0 Å². The van der Waals surface area contributed by atoms with Gasteiger partial charge in [0.1, 0.15) is 18.4 Å². The number of nitrogens with one attached hydrogen (secondary N) is 2. The van der Waals surface area contributed by atoms with E-state index in [1.807, 2.05) is 0 Å². The number of hydrogen-bond acceptors (Lipinski definition) is 6. The Hall–Kier alpha value is -2.23. The molecule has 29 heavy (non-hydrogen) atoms. The monoisotopic (exact) mass is 468 g/mol. The van der Waals surface area contributed by atoms with Gasteiger partial charge in [-0.2, -0.15) is 0 Å². The predicted octanol–water partition coefficient (Wildman–Crippen LogP) is 3.17. The number of aliphatic carboxylic acids is 1. The van der Waals surface area contributed by atoms with Gasteiger partial charge in [0.05, 0.1) is 12.8 Å². The normalized spacial score (nSPS) is 11.9. The highest BCUT2D eigenvalue weighted by Gasteiger charge is 2.26. The molecule has 9 nitrogen and oxygen atoms in total. The molecule has 3 N–H and O–H groups in total. The first-order valence-corrected chi connectivity index (χ1v) is 9.28. The molecule has 0 saturated carbocycles. The van der Waals surface area contributed by atoms with Gasteiger partial charge in [0.25, 0.3) is 0 Å². The average molecular weight is 470 g/mol. The summed E-state index contributed by atoms with van der Waals surface area (Å²) < 4.78 is 7.83. The van der Waals surface area contributed by atoms with Crippen molar-refractivity contribution in [1.29, 1.82) is 0 Å². The summed E-state index contributed by atoms with van der Waals surface area (Å²) in [6, 6.07) is 3.03. The number of ether oxygens (including phenoxy) is 2. The van der Waals surface area contributed by atoms with Crippen LogP contribution in [0.1, 0.15) is 30.1 Å². The van der Waals surface area contributed by atoms with Crippen molar-refractivity contribution in [2.75, 3.05) is 19.0 Å². The summed E-state index contributed by atoms with van der Waals surface area (Å²) >= 11 is 16.3. The number of carbonyl (C=O) groups is 4. The van der Waals surface area contributed by atoms with Gasteiger partial charge in [-0.3, -0.25) is 9.59 Å². The average Bonchev–Trinajstić information content (AvgIpc) is 2.61. The second-order valence-corrected chi connectivity index (χ2v) is 8.30. The second-order valence-electron chi connectivity index (χ2n) is 5.78. The number of amides is 2. The van der Waals surface area contributed by atoms with Crippen molar-refractivity contribution in [3.63, 3.8) is 0 Å². The van der Waals surface area contributed by atoms with Crippen LogP contribution in [0.4, 0.5) is 10.5 Å². The van der Waals surface area contributed by atoms with Crippen molar-refractivity contribution in [3.05, 3.63) is 23.8 Å². The minimum Gasteiger partial charge on any atom is -0.497 e. The maximum absolute atomic E-state index is 12.5. The van der Waals surface area contributed by atoms with E-state index in [0.29, 0.717) is 5.75 Å². The van der Waals surface area contributed by atoms with Crippen molar-refractivity contribution in [3.8, 4) is 5.75 Å². The standard InChI is InChI=1S/C17H19Cl3N2O7/c1-9(23)21-13-7-10(28-2)3-4-11(13)14(24)6-5-12(15(25)26)22-16(27)29-8-17(18,19)20/h3-4,7,12H,5-6,8H2,1-2H3,(H,21,23)(H,22,27)(H,25,26). The lowest BCUT2D eigenvalue weighted by atomic mass is 10.0. The number of benzene rings is 1. The van der Waals surface area contributed by atoms with Crippen molar-refractivity contribution < 1.29 is 33.8 Å². The topological polar surface area (TPSA) is 131 Å². The maximum Gasteiger partial charge on any atom is 0.407 e. The summed E-state index contributed by atoms with van der Waals surface area (Å²) in [6.45, 7) is 0.696. The van der Waals surface area contributed by atoms with E-state index in [9.17, 15) is 24.3 Å². The van der Waals surface area contributed by atoms with Crippen molar-refractivity contribution in [2.45, 2.75) is 29.6 Å². The SMILES string of the molecule is COc1ccc(C(=O)CCC(NC(=O)OCC(Cl)(Cl)Cl)C(=O)O)c(NC(C)=O)c1. The van der Waals surface area contributed by atoms with Crippen LogP contribution in [0.15, 0.2) is 18.2 Å². The number of anilines is 1. The van der Waals surface area contributed by atoms with Crippen LogP contribution in [0.5, 0.6) is 5.75 Å². The number of carboxylic acids is 1. The number of halogens is 3. The Balaban J connectivity index is 2.80. The van der Waals surface area contributed by atoms with Gasteiger partial charge in [0.2, 0.25) is 9.70 Å². The fourth-order valence-electron chi connectivity index (χ4n) is 2.19. The van der Waals surface area contributed by atoms with Crippen LogP contribution >= 0.6 is 34.8 Å². The zero-order chi connectivity index (χ0) is 22.2. The van der Waals surface area contributed by atoms with Crippen LogP contribution in [0, 0.1) is 0 Å². The quantitative estimate of drug-likeness (QED) is 0.374. The van der Waals surface area contributed by atoms with E-state index in [2.05, 4.69) is 15.4 Å². The van der Waals surface area contributed by atoms with Gasteiger partial charge in [-0.15, -0.1) is 0 Å². The van der Waals surface area contributed by atoms with E-state index in [-0.39, 0.29) is 24.1 Å². The van der Waals surface area contributed by atoms with Gasteiger partial charge in [0, 0.05) is 25.0 Å². The van der Waals surface area contributed by atoms with E-state index in [1.165, 1.54) is 32.2 Å². The molecule has 0 aliphatic rings. The number of methoxy groups -OCH3 is 1. The molecule has 0 aliphatic heterocycles. The third kappa shape index (κ3) is 9.21. The highest BCUT2D eigenvalue weighted by molar-refractivity contribution is 6.67. The molecule has 0 aromatic heterocycles. The Morgan fingerprint density at radius 2 is 1.86 bits per heavy atom. The highest BCUT2D eigenvalue weighted by Crippen LogP contribution is 2.26. The first-order valence-electron chi connectivity index (χ1n) is 8.14.